The number of ether oxygens (including phenoxy) is 1. The number of para-hydroxylation sites is 2. The predicted octanol–water partition coefficient (Wildman–Crippen LogP) is 3.40. The Morgan fingerprint density at radius 3 is 2.81 bits per heavy atom. The first-order valence-electron chi connectivity index (χ1n) is 11.8. The van der Waals surface area contributed by atoms with Crippen LogP contribution in [0.5, 0.6) is 5.75 Å². The number of amides is 2. The van der Waals surface area contributed by atoms with Gasteiger partial charge in [0, 0.05) is 25.5 Å². The number of nitrogens with one attached hydrogen (secondary N) is 2. The molecule has 2 aromatic heterocycles. The highest BCUT2D eigenvalue weighted by atomic mass is 16.5. The molecule has 11 heteroatoms. The van der Waals surface area contributed by atoms with Crippen LogP contribution < -0.4 is 21.1 Å². The topological polar surface area (TPSA) is 140 Å². The van der Waals surface area contributed by atoms with E-state index in [1.807, 2.05) is 49.0 Å². The van der Waals surface area contributed by atoms with Gasteiger partial charge in [-0.25, -0.2) is 4.98 Å². The Kier molecular flexibility index (Phi) is 7.47. The van der Waals surface area contributed by atoms with Gasteiger partial charge in [-0.1, -0.05) is 18.7 Å². The van der Waals surface area contributed by atoms with Crippen molar-refractivity contribution in [3.63, 3.8) is 0 Å². The van der Waals surface area contributed by atoms with Crippen LogP contribution in [0.4, 0.5) is 23.1 Å². The van der Waals surface area contributed by atoms with E-state index in [1.54, 1.807) is 11.1 Å². The fourth-order valence-electron chi connectivity index (χ4n) is 4.00. The number of likely N-dealkylation sites (tertiary alicyclic amines) is 1. The fraction of sp³-hybridized carbons (Fsp3) is 0.320. The second-order valence-electron chi connectivity index (χ2n) is 8.73. The van der Waals surface area contributed by atoms with Crippen molar-refractivity contribution in [2.75, 3.05) is 23.7 Å². The minimum atomic E-state index is -0.657. The quantitative estimate of drug-likeness (QED) is 0.388. The highest BCUT2D eigenvalue weighted by Crippen LogP contribution is 2.30. The van der Waals surface area contributed by atoms with Crippen LogP contribution in [0.2, 0.25) is 0 Å². The van der Waals surface area contributed by atoms with E-state index in [4.69, 9.17) is 10.5 Å². The number of primary amides is 1. The summed E-state index contributed by atoms with van der Waals surface area (Å²) < 4.78 is 7.69. The lowest BCUT2D eigenvalue weighted by atomic mass is 10.1. The van der Waals surface area contributed by atoms with Gasteiger partial charge in [-0.15, -0.1) is 0 Å². The molecule has 1 aliphatic rings. The van der Waals surface area contributed by atoms with E-state index in [9.17, 15) is 9.59 Å². The number of nitrogens with zero attached hydrogens (tertiary/aromatic N) is 5. The lowest BCUT2D eigenvalue weighted by molar-refractivity contribution is -0.127. The van der Waals surface area contributed by atoms with Crippen molar-refractivity contribution in [3.05, 3.63) is 61.1 Å². The molecule has 4 rings (SSSR count). The predicted molar refractivity (Wildman–Crippen MR) is 137 cm³/mol. The molecule has 0 bridgehead atoms. The molecule has 188 valence electrons. The van der Waals surface area contributed by atoms with E-state index in [0.29, 0.717) is 23.7 Å². The van der Waals surface area contributed by atoms with Gasteiger partial charge in [0.2, 0.25) is 11.9 Å². The maximum atomic E-state index is 12.0. The number of anilines is 4. The molecule has 3 heterocycles. The molecule has 2 amide bonds. The molecule has 0 radical (unpaired) electrons. The van der Waals surface area contributed by atoms with Gasteiger partial charge in [-0.3, -0.25) is 14.3 Å². The molecule has 1 saturated heterocycles. The monoisotopic (exact) mass is 490 g/mol. The fourth-order valence-corrected chi connectivity index (χ4v) is 4.00. The third kappa shape index (κ3) is 5.80. The molecule has 11 nitrogen and oxygen atoms in total. The summed E-state index contributed by atoms with van der Waals surface area (Å²) >= 11 is 0. The average molecular weight is 491 g/mol. The maximum Gasteiger partial charge on any atom is 0.254 e. The molecule has 0 unspecified atom stereocenters. The van der Waals surface area contributed by atoms with Crippen LogP contribution in [-0.4, -0.2) is 55.7 Å². The molecule has 1 atom stereocenters. The molecular formula is C25H30N8O3. The zero-order chi connectivity index (χ0) is 25.7. The van der Waals surface area contributed by atoms with Crippen LogP contribution in [0.25, 0.3) is 0 Å². The number of carbonyl (C=O) groups excluding carboxylic acids is 2. The first-order chi connectivity index (χ1) is 17.3. The van der Waals surface area contributed by atoms with E-state index >= 15 is 0 Å². The number of hydrogen-bond donors (Lipinski definition) is 3. The molecule has 0 saturated carbocycles. The Bertz CT molecular complexity index is 1260. The number of rotatable bonds is 9. The van der Waals surface area contributed by atoms with Crippen LogP contribution in [0.3, 0.4) is 0 Å². The van der Waals surface area contributed by atoms with Gasteiger partial charge in [0.05, 0.1) is 29.7 Å². The van der Waals surface area contributed by atoms with Crippen molar-refractivity contribution in [3.8, 4) is 5.75 Å². The van der Waals surface area contributed by atoms with Gasteiger partial charge in [0.1, 0.15) is 17.1 Å². The molecule has 3 aromatic rings. The standard InChI is InChI=1S/C25H30N8O3/c1-4-22(34)32-11-7-8-18(15-32)33-14-17(12-28-33)29-25-27-13-19(23(26)35)24(31-25)30-20-9-5-6-10-21(20)36-16(2)3/h4-6,9-10,12-14,16,18H,1,7-8,11,15H2,2-3H3,(H2,26,35)(H2,27,29,30,31)/t18-/m0/s1. The second kappa shape index (κ2) is 10.9. The molecule has 1 aliphatic heterocycles. The van der Waals surface area contributed by atoms with Crippen molar-refractivity contribution in [2.45, 2.75) is 38.8 Å². The van der Waals surface area contributed by atoms with Crippen molar-refractivity contribution >= 4 is 35.0 Å². The van der Waals surface area contributed by atoms with Crippen molar-refractivity contribution in [1.82, 2.24) is 24.6 Å². The van der Waals surface area contributed by atoms with Crippen LogP contribution in [0.1, 0.15) is 43.1 Å². The number of benzene rings is 1. The van der Waals surface area contributed by atoms with Crippen molar-refractivity contribution < 1.29 is 14.3 Å². The third-order valence-corrected chi connectivity index (χ3v) is 5.67. The highest BCUT2D eigenvalue weighted by Gasteiger charge is 2.24. The summed E-state index contributed by atoms with van der Waals surface area (Å²) in [6, 6.07) is 7.43. The maximum absolute atomic E-state index is 12.0. The van der Waals surface area contributed by atoms with Crippen LogP contribution in [0.15, 0.2) is 55.5 Å². The minimum Gasteiger partial charge on any atom is -0.489 e. The summed E-state index contributed by atoms with van der Waals surface area (Å²) in [7, 11) is 0. The zero-order valence-electron chi connectivity index (χ0n) is 20.3. The highest BCUT2D eigenvalue weighted by molar-refractivity contribution is 5.98. The summed E-state index contributed by atoms with van der Waals surface area (Å²) in [5.41, 5.74) is 7.01. The summed E-state index contributed by atoms with van der Waals surface area (Å²) in [5, 5.41) is 10.7. The van der Waals surface area contributed by atoms with Gasteiger partial charge in [-0.2, -0.15) is 10.1 Å². The van der Waals surface area contributed by atoms with Crippen molar-refractivity contribution in [1.29, 1.82) is 0 Å². The Morgan fingerprint density at radius 2 is 2.06 bits per heavy atom. The normalized spacial score (nSPS) is 15.4. The molecule has 1 aromatic carbocycles. The zero-order valence-corrected chi connectivity index (χ0v) is 20.3. The average Bonchev–Trinajstić information content (AvgIpc) is 3.33. The summed E-state index contributed by atoms with van der Waals surface area (Å²) in [5.74, 6) is 0.395. The van der Waals surface area contributed by atoms with Gasteiger partial charge < -0.3 is 26.0 Å². The molecular weight excluding hydrogens is 460 g/mol. The SMILES string of the molecule is C=CC(=O)N1CCC[C@H](n2cc(Nc3ncc(C(N)=O)c(Nc4ccccc4OC(C)C)n3)cn2)C1. The van der Waals surface area contributed by atoms with Gasteiger partial charge in [0.15, 0.2) is 0 Å². The number of hydrogen-bond acceptors (Lipinski definition) is 8. The summed E-state index contributed by atoms with van der Waals surface area (Å²) in [4.78, 5) is 34.5. The molecule has 4 N–H and O–H groups in total. The van der Waals surface area contributed by atoms with Crippen LogP contribution in [0, 0.1) is 0 Å². The number of aromatic nitrogens is 4. The number of carbonyl (C=O) groups is 2. The van der Waals surface area contributed by atoms with E-state index in [2.05, 4.69) is 32.3 Å². The van der Waals surface area contributed by atoms with E-state index < -0.39 is 5.91 Å². The Labute approximate surface area is 209 Å². The minimum absolute atomic E-state index is 0.0335. The lowest BCUT2D eigenvalue weighted by Crippen LogP contribution is -2.39. The Morgan fingerprint density at radius 1 is 1.25 bits per heavy atom. The largest absolute Gasteiger partial charge is 0.489 e. The summed E-state index contributed by atoms with van der Waals surface area (Å²) in [6.07, 6.45) is 7.99. The smallest absolute Gasteiger partial charge is 0.254 e. The lowest BCUT2D eigenvalue weighted by Gasteiger charge is -2.32. The third-order valence-electron chi connectivity index (χ3n) is 5.67. The summed E-state index contributed by atoms with van der Waals surface area (Å²) in [6.45, 7) is 8.72. The van der Waals surface area contributed by atoms with E-state index in [1.165, 1.54) is 12.3 Å². The number of piperidine rings is 1. The van der Waals surface area contributed by atoms with E-state index in [0.717, 1.165) is 19.4 Å². The van der Waals surface area contributed by atoms with Crippen LogP contribution in [-0.2, 0) is 4.79 Å². The van der Waals surface area contributed by atoms with Gasteiger partial charge >= 0.3 is 0 Å². The second-order valence-corrected chi connectivity index (χ2v) is 8.73. The first kappa shape index (κ1) is 24.7. The first-order valence-corrected chi connectivity index (χ1v) is 11.8. The van der Waals surface area contributed by atoms with E-state index in [-0.39, 0.29) is 35.4 Å². The van der Waals surface area contributed by atoms with Crippen LogP contribution >= 0.6 is 0 Å². The Hall–Kier alpha value is -4.41. The van der Waals surface area contributed by atoms with Gasteiger partial charge in [-0.05, 0) is 44.9 Å². The molecule has 36 heavy (non-hydrogen) atoms. The number of nitrogens with two attached hydrogens (primary N) is 1. The molecule has 1 fully saturated rings. The Balaban J connectivity index is 1.53. The molecule has 0 aliphatic carbocycles. The van der Waals surface area contributed by atoms with Crippen molar-refractivity contribution in [2.24, 2.45) is 5.73 Å². The van der Waals surface area contributed by atoms with Gasteiger partial charge in [0.25, 0.3) is 5.91 Å². The molecule has 0 spiro atoms.